The number of amides is 1. The van der Waals surface area contributed by atoms with Crippen LogP contribution in [0.2, 0.25) is 0 Å². The maximum absolute atomic E-state index is 10.4. The lowest BCUT2D eigenvalue weighted by atomic mass is 10.2. The molecule has 0 aliphatic heterocycles. The van der Waals surface area contributed by atoms with Gasteiger partial charge in [-0.1, -0.05) is 0 Å². The molecule has 0 saturated carbocycles. The van der Waals surface area contributed by atoms with E-state index in [-0.39, 0.29) is 13.2 Å². The van der Waals surface area contributed by atoms with E-state index in [1.807, 2.05) is 0 Å². The summed E-state index contributed by atoms with van der Waals surface area (Å²) in [5.41, 5.74) is 4.84. The summed E-state index contributed by atoms with van der Waals surface area (Å²) in [5.74, 6) is -0.706. The molecule has 0 heterocycles. The van der Waals surface area contributed by atoms with E-state index in [0.717, 1.165) is 25.8 Å². The Kier molecular flexibility index (Phi) is 7.57. The number of aliphatic hydroxyl groups excluding tert-OH is 2. The quantitative estimate of drug-likeness (QED) is 0.353. The van der Waals surface area contributed by atoms with Gasteiger partial charge in [-0.05, 0) is 25.8 Å². The minimum absolute atomic E-state index is 0.203. The Hall–Kier alpha value is -0.650. The highest BCUT2D eigenvalue weighted by molar-refractivity contribution is 5.78. The summed E-state index contributed by atoms with van der Waals surface area (Å²) in [7, 11) is 0. The highest BCUT2D eigenvalue weighted by Crippen LogP contribution is 1.91. The van der Waals surface area contributed by atoms with Crippen molar-refractivity contribution in [2.24, 2.45) is 5.73 Å². The number of nitrogens with two attached hydrogens (primary N) is 1. The lowest BCUT2D eigenvalue weighted by Crippen LogP contribution is -2.37. The fourth-order valence-corrected chi connectivity index (χ4v) is 0.878. The largest absolute Gasteiger partial charge is 0.396 e. The first-order valence-electron chi connectivity index (χ1n) is 4.47. The Bertz CT molecular complexity index is 141. The van der Waals surface area contributed by atoms with Crippen LogP contribution in [0.1, 0.15) is 19.3 Å². The first-order valence-corrected chi connectivity index (χ1v) is 4.47. The van der Waals surface area contributed by atoms with Crippen LogP contribution >= 0.6 is 0 Å². The number of carbonyl (C=O) groups excluding carboxylic acids is 1. The molecule has 0 aliphatic carbocycles. The lowest BCUT2D eigenvalue weighted by Gasteiger charge is -2.07. The van der Waals surface area contributed by atoms with Crippen LogP contribution in [-0.2, 0) is 4.79 Å². The van der Waals surface area contributed by atoms with E-state index in [0.29, 0.717) is 0 Å². The molecule has 5 nitrogen and oxygen atoms in total. The number of primary amides is 1. The van der Waals surface area contributed by atoms with Crippen molar-refractivity contribution in [1.82, 2.24) is 5.32 Å². The van der Waals surface area contributed by atoms with E-state index in [1.54, 1.807) is 0 Å². The summed E-state index contributed by atoms with van der Waals surface area (Å²) in [6.07, 6.45) is 1.56. The minimum Gasteiger partial charge on any atom is -0.396 e. The van der Waals surface area contributed by atoms with Gasteiger partial charge in [-0.2, -0.15) is 0 Å². The minimum atomic E-state index is -1.10. The van der Waals surface area contributed by atoms with Gasteiger partial charge in [0.05, 0.1) is 0 Å². The lowest BCUT2D eigenvalue weighted by molar-refractivity contribution is -0.125. The van der Waals surface area contributed by atoms with Crippen molar-refractivity contribution >= 4 is 5.91 Å². The Balaban J connectivity index is 3.11. The summed E-state index contributed by atoms with van der Waals surface area (Å²) < 4.78 is 0. The Morgan fingerprint density at radius 2 is 2.08 bits per heavy atom. The molecule has 0 aliphatic rings. The zero-order chi connectivity index (χ0) is 10.1. The summed E-state index contributed by atoms with van der Waals surface area (Å²) in [6, 6.07) is 0. The van der Waals surface area contributed by atoms with Crippen LogP contribution in [0.3, 0.4) is 0 Å². The third kappa shape index (κ3) is 7.70. The third-order valence-corrected chi connectivity index (χ3v) is 1.68. The molecule has 0 fully saturated rings. The van der Waals surface area contributed by atoms with Crippen molar-refractivity contribution in [3.05, 3.63) is 0 Å². The Morgan fingerprint density at radius 3 is 2.62 bits per heavy atom. The molecule has 0 bridgehead atoms. The third-order valence-electron chi connectivity index (χ3n) is 1.68. The molecule has 78 valence electrons. The van der Waals surface area contributed by atoms with Crippen LogP contribution in [-0.4, -0.2) is 41.9 Å². The second-order valence-electron chi connectivity index (χ2n) is 2.91. The molecule has 5 heteroatoms. The van der Waals surface area contributed by atoms with Gasteiger partial charge < -0.3 is 21.3 Å². The van der Waals surface area contributed by atoms with E-state index in [4.69, 9.17) is 15.9 Å². The standard InChI is InChI=1S/C8H18N2O3/c9-8(13)7(12)6-10-4-2-1-3-5-11/h7,10-12H,1-6H2,(H2,9,13). The number of carbonyl (C=O) groups is 1. The number of nitrogens with one attached hydrogen (secondary N) is 1. The zero-order valence-electron chi connectivity index (χ0n) is 7.70. The predicted octanol–water partition coefficient (Wildman–Crippen LogP) is -1.42. The van der Waals surface area contributed by atoms with Crippen LogP contribution in [0.4, 0.5) is 0 Å². The maximum Gasteiger partial charge on any atom is 0.247 e. The number of rotatable bonds is 8. The van der Waals surface area contributed by atoms with Gasteiger partial charge in [0, 0.05) is 13.2 Å². The molecule has 0 aromatic rings. The van der Waals surface area contributed by atoms with Crippen molar-refractivity contribution in [1.29, 1.82) is 0 Å². The highest BCUT2D eigenvalue weighted by atomic mass is 16.3. The van der Waals surface area contributed by atoms with Crippen molar-refractivity contribution in [2.45, 2.75) is 25.4 Å². The monoisotopic (exact) mass is 190 g/mol. The summed E-state index contributed by atoms with van der Waals surface area (Å²) >= 11 is 0. The number of hydrogen-bond donors (Lipinski definition) is 4. The van der Waals surface area contributed by atoms with Crippen LogP contribution < -0.4 is 11.1 Å². The van der Waals surface area contributed by atoms with Crippen LogP contribution in [0.25, 0.3) is 0 Å². The average Bonchev–Trinajstić information content (AvgIpc) is 2.10. The average molecular weight is 190 g/mol. The van der Waals surface area contributed by atoms with Gasteiger partial charge in [-0.15, -0.1) is 0 Å². The summed E-state index contributed by atoms with van der Waals surface area (Å²) in [6.45, 7) is 1.14. The van der Waals surface area contributed by atoms with Gasteiger partial charge in [-0.3, -0.25) is 4.79 Å². The van der Waals surface area contributed by atoms with Gasteiger partial charge >= 0.3 is 0 Å². The van der Waals surface area contributed by atoms with Crippen molar-refractivity contribution in [2.75, 3.05) is 19.7 Å². The van der Waals surface area contributed by atoms with Gasteiger partial charge in [0.1, 0.15) is 6.10 Å². The smallest absolute Gasteiger partial charge is 0.247 e. The van der Waals surface area contributed by atoms with Crippen LogP contribution in [0.15, 0.2) is 0 Å². The van der Waals surface area contributed by atoms with E-state index >= 15 is 0 Å². The first-order chi connectivity index (χ1) is 6.18. The van der Waals surface area contributed by atoms with Gasteiger partial charge in [-0.25, -0.2) is 0 Å². The van der Waals surface area contributed by atoms with Crippen molar-refractivity contribution in [3.8, 4) is 0 Å². The molecule has 0 aromatic carbocycles. The SMILES string of the molecule is NC(=O)C(O)CNCCCCCO. The van der Waals surface area contributed by atoms with Gasteiger partial charge in [0.15, 0.2) is 0 Å². The molecule has 5 N–H and O–H groups in total. The molecular weight excluding hydrogens is 172 g/mol. The van der Waals surface area contributed by atoms with E-state index < -0.39 is 12.0 Å². The highest BCUT2D eigenvalue weighted by Gasteiger charge is 2.08. The van der Waals surface area contributed by atoms with E-state index in [9.17, 15) is 4.79 Å². The fourth-order valence-electron chi connectivity index (χ4n) is 0.878. The van der Waals surface area contributed by atoms with Gasteiger partial charge in [0.25, 0.3) is 0 Å². The fraction of sp³-hybridized carbons (Fsp3) is 0.875. The Labute approximate surface area is 77.9 Å². The molecule has 0 spiro atoms. The predicted molar refractivity (Wildman–Crippen MR) is 49.0 cm³/mol. The van der Waals surface area contributed by atoms with E-state index in [1.165, 1.54) is 0 Å². The first kappa shape index (κ1) is 12.3. The molecule has 13 heavy (non-hydrogen) atoms. The second-order valence-corrected chi connectivity index (χ2v) is 2.91. The number of aliphatic hydroxyl groups is 2. The Morgan fingerprint density at radius 1 is 1.38 bits per heavy atom. The van der Waals surface area contributed by atoms with Crippen molar-refractivity contribution < 1.29 is 15.0 Å². The number of unbranched alkanes of at least 4 members (excludes halogenated alkanes) is 2. The van der Waals surface area contributed by atoms with Crippen LogP contribution in [0.5, 0.6) is 0 Å². The molecule has 0 saturated heterocycles. The molecule has 0 rings (SSSR count). The molecule has 0 aromatic heterocycles. The van der Waals surface area contributed by atoms with E-state index in [2.05, 4.69) is 5.32 Å². The zero-order valence-corrected chi connectivity index (χ0v) is 7.70. The molecule has 1 amide bonds. The molecular formula is C8H18N2O3. The molecule has 0 radical (unpaired) electrons. The number of hydrogen-bond acceptors (Lipinski definition) is 4. The van der Waals surface area contributed by atoms with Crippen molar-refractivity contribution in [3.63, 3.8) is 0 Å². The molecule has 1 atom stereocenters. The summed E-state index contributed by atoms with van der Waals surface area (Å²) in [4.78, 5) is 10.4. The van der Waals surface area contributed by atoms with Crippen LogP contribution in [0, 0.1) is 0 Å². The second kappa shape index (κ2) is 7.97. The summed E-state index contributed by atoms with van der Waals surface area (Å²) in [5, 5.41) is 20.3. The van der Waals surface area contributed by atoms with Gasteiger partial charge in [0.2, 0.25) is 5.91 Å². The maximum atomic E-state index is 10.4. The topological polar surface area (TPSA) is 95.6 Å². The molecule has 1 unspecified atom stereocenters. The normalized spacial score (nSPS) is 12.8.